The van der Waals surface area contributed by atoms with Crippen LogP contribution in [0.2, 0.25) is 0 Å². The van der Waals surface area contributed by atoms with E-state index in [0.717, 1.165) is 42.8 Å². The lowest BCUT2D eigenvalue weighted by Crippen LogP contribution is -2.31. The van der Waals surface area contributed by atoms with Crippen molar-refractivity contribution in [1.82, 2.24) is 4.90 Å². The van der Waals surface area contributed by atoms with Gasteiger partial charge in [-0.2, -0.15) is 5.26 Å². The number of nitriles is 1. The fourth-order valence-corrected chi connectivity index (χ4v) is 4.95. The topological polar surface area (TPSA) is 27.0 Å². The number of rotatable bonds is 5. The van der Waals surface area contributed by atoms with E-state index in [9.17, 15) is 0 Å². The van der Waals surface area contributed by atoms with E-state index < -0.39 is 0 Å². The number of allylic oxidation sites excluding steroid dienone is 1. The molecular weight excluding hydrogens is 364 g/mol. The molecule has 0 bridgehead atoms. The Labute approximate surface area is 181 Å². The number of benzene rings is 2. The Bertz CT molecular complexity index is 994. The van der Waals surface area contributed by atoms with Gasteiger partial charge in [-0.25, -0.2) is 0 Å². The molecule has 30 heavy (non-hydrogen) atoms. The summed E-state index contributed by atoms with van der Waals surface area (Å²) in [5, 5.41) is 9.01. The summed E-state index contributed by atoms with van der Waals surface area (Å²) in [6.07, 6.45) is 6.21. The van der Waals surface area contributed by atoms with Crippen molar-refractivity contribution in [1.29, 1.82) is 5.26 Å². The van der Waals surface area contributed by atoms with E-state index in [2.05, 4.69) is 62.2 Å². The number of hydrogen-bond acceptors (Lipinski definition) is 2. The molecular formula is C28H32N2. The molecule has 2 aliphatic rings. The maximum atomic E-state index is 9.01. The van der Waals surface area contributed by atoms with Crippen LogP contribution in [0.15, 0.2) is 49.6 Å². The summed E-state index contributed by atoms with van der Waals surface area (Å²) in [5.74, 6) is 1.27. The van der Waals surface area contributed by atoms with Crippen molar-refractivity contribution in [3.8, 4) is 6.07 Å². The molecule has 2 fully saturated rings. The van der Waals surface area contributed by atoms with Gasteiger partial charge >= 0.3 is 0 Å². The molecule has 1 aliphatic heterocycles. The number of aryl methyl sites for hydroxylation is 1. The Morgan fingerprint density at radius 1 is 0.967 bits per heavy atom. The second kappa shape index (κ2) is 8.52. The lowest BCUT2D eigenvalue weighted by Gasteiger charge is -2.36. The molecule has 0 N–H and O–H groups in total. The SMILES string of the molecule is C=C(C)c1cc(C(=C)N2CCC(c3ccc(C#N)cc3)CC2)c(C)cc1C1CCC1. The average Bonchev–Trinajstić information content (AvgIpc) is 2.72. The Morgan fingerprint density at radius 2 is 1.63 bits per heavy atom. The molecule has 4 rings (SSSR count). The second-order valence-corrected chi connectivity index (χ2v) is 9.10. The highest BCUT2D eigenvalue weighted by atomic mass is 15.1. The molecule has 0 radical (unpaired) electrons. The van der Waals surface area contributed by atoms with Crippen LogP contribution in [0, 0.1) is 18.3 Å². The molecule has 0 unspecified atom stereocenters. The zero-order valence-corrected chi connectivity index (χ0v) is 18.4. The van der Waals surface area contributed by atoms with Crippen molar-refractivity contribution in [2.24, 2.45) is 0 Å². The summed E-state index contributed by atoms with van der Waals surface area (Å²) >= 11 is 0. The van der Waals surface area contributed by atoms with E-state index in [0.29, 0.717) is 11.8 Å². The van der Waals surface area contributed by atoms with Gasteiger partial charge in [0.05, 0.1) is 11.6 Å². The highest BCUT2D eigenvalue weighted by Crippen LogP contribution is 2.42. The molecule has 0 aromatic heterocycles. The second-order valence-electron chi connectivity index (χ2n) is 9.10. The maximum Gasteiger partial charge on any atom is 0.0991 e. The Kier molecular flexibility index (Phi) is 5.82. The van der Waals surface area contributed by atoms with Gasteiger partial charge in [0.15, 0.2) is 0 Å². The molecule has 1 aliphatic carbocycles. The molecule has 0 atom stereocenters. The van der Waals surface area contributed by atoms with Crippen LogP contribution in [-0.4, -0.2) is 18.0 Å². The summed E-state index contributed by atoms with van der Waals surface area (Å²) in [7, 11) is 0. The first kappa shape index (κ1) is 20.5. The van der Waals surface area contributed by atoms with Gasteiger partial charge in [0, 0.05) is 24.4 Å². The zero-order valence-electron chi connectivity index (χ0n) is 18.4. The van der Waals surface area contributed by atoms with Crippen molar-refractivity contribution >= 4 is 11.3 Å². The molecule has 2 nitrogen and oxygen atoms in total. The van der Waals surface area contributed by atoms with Gasteiger partial charge < -0.3 is 4.90 Å². The number of likely N-dealkylation sites (tertiary alicyclic amines) is 1. The minimum absolute atomic E-state index is 0.565. The van der Waals surface area contributed by atoms with Crippen LogP contribution in [0.25, 0.3) is 11.3 Å². The van der Waals surface area contributed by atoms with Gasteiger partial charge in [-0.15, -0.1) is 0 Å². The summed E-state index contributed by atoms with van der Waals surface area (Å²) < 4.78 is 0. The van der Waals surface area contributed by atoms with Gasteiger partial charge in [0.2, 0.25) is 0 Å². The third kappa shape index (κ3) is 3.94. The van der Waals surface area contributed by atoms with E-state index in [1.54, 1.807) is 0 Å². The fraction of sp³-hybridized carbons (Fsp3) is 0.393. The zero-order chi connectivity index (χ0) is 21.3. The third-order valence-corrected chi connectivity index (χ3v) is 7.10. The average molecular weight is 397 g/mol. The van der Waals surface area contributed by atoms with E-state index >= 15 is 0 Å². The largest absolute Gasteiger partial charge is 0.371 e. The maximum absolute atomic E-state index is 9.01. The summed E-state index contributed by atoms with van der Waals surface area (Å²) in [6, 6.07) is 15.1. The number of hydrogen-bond donors (Lipinski definition) is 0. The first-order valence-electron chi connectivity index (χ1n) is 11.2. The van der Waals surface area contributed by atoms with Crippen molar-refractivity contribution in [2.75, 3.05) is 13.1 Å². The van der Waals surface area contributed by atoms with Crippen molar-refractivity contribution < 1.29 is 0 Å². The van der Waals surface area contributed by atoms with Gasteiger partial charge in [-0.05, 0) is 91.8 Å². The minimum atomic E-state index is 0.565. The van der Waals surface area contributed by atoms with Crippen LogP contribution in [-0.2, 0) is 0 Å². The standard InChI is InChI=1S/C28H32N2/c1-19(2)26-17-27(20(3)16-28(26)25-6-5-7-25)21(4)30-14-12-24(13-15-30)23-10-8-22(18-29)9-11-23/h8-11,16-17,24-25H,1,4-7,12-15H2,2-3H3. The monoisotopic (exact) mass is 396 g/mol. The van der Waals surface area contributed by atoms with Crippen LogP contribution < -0.4 is 0 Å². The van der Waals surface area contributed by atoms with Crippen LogP contribution in [0.3, 0.4) is 0 Å². The first-order chi connectivity index (χ1) is 14.5. The molecule has 0 amide bonds. The normalized spacial score (nSPS) is 17.3. The summed E-state index contributed by atoms with van der Waals surface area (Å²) in [4.78, 5) is 2.45. The van der Waals surface area contributed by atoms with E-state index in [-0.39, 0.29) is 0 Å². The Morgan fingerprint density at radius 3 is 2.17 bits per heavy atom. The van der Waals surface area contributed by atoms with E-state index in [1.807, 2.05) is 12.1 Å². The predicted molar refractivity (Wildman–Crippen MR) is 126 cm³/mol. The highest BCUT2D eigenvalue weighted by Gasteiger charge is 2.26. The Balaban J connectivity index is 1.49. The van der Waals surface area contributed by atoms with E-state index in [4.69, 9.17) is 5.26 Å². The number of piperidine rings is 1. The lowest BCUT2D eigenvalue weighted by molar-refractivity contribution is 0.299. The van der Waals surface area contributed by atoms with Crippen molar-refractivity contribution in [2.45, 2.75) is 57.8 Å². The minimum Gasteiger partial charge on any atom is -0.371 e. The molecule has 2 heteroatoms. The lowest BCUT2D eigenvalue weighted by atomic mass is 9.76. The van der Waals surface area contributed by atoms with Crippen LogP contribution in [0.5, 0.6) is 0 Å². The van der Waals surface area contributed by atoms with Crippen LogP contribution >= 0.6 is 0 Å². The van der Waals surface area contributed by atoms with Crippen LogP contribution in [0.4, 0.5) is 0 Å². The molecule has 2 aromatic carbocycles. The van der Waals surface area contributed by atoms with Crippen molar-refractivity contribution in [3.05, 3.63) is 82.9 Å². The molecule has 1 heterocycles. The molecule has 0 spiro atoms. The third-order valence-electron chi connectivity index (χ3n) is 7.10. The predicted octanol–water partition coefficient (Wildman–Crippen LogP) is 7.02. The molecule has 154 valence electrons. The van der Waals surface area contributed by atoms with Crippen LogP contribution in [0.1, 0.15) is 84.2 Å². The van der Waals surface area contributed by atoms with Gasteiger partial charge in [-0.3, -0.25) is 0 Å². The summed E-state index contributed by atoms with van der Waals surface area (Å²) in [6.45, 7) is 15.2. The quantitative estimate of drug-likeness (QED) is 0.543. The van der Waals surface area contributed by atoms with Gasteiger partial charge in [-0.1, -0.05) is 43.4 Å². The number of nitrogens with zero attached hydrogens (tertiary/aromatic N) is 2. The molecule has 1 saturated carbocycles. The van der Waals surface area contributed by atoms with Crippen molar-refractivity contribution in [3.63, 3.8) is 0 Å². The van der Waals surface area contributed by atoms with Gasteiger partial charge in [0.25, 0.3) is 0 Å². The first-order valence-corrected chi connectivity index (χ1v) is 11.2. The van der Waals surface area contributed by atoms with Gasteiger partial charge in [0.1, 0.15) is 0 Å². The molecule has 1 saturated heterocycles. The molecule has 2 aromatic rings. The Hall–Kier alpha value is -2.79. The smallest absolute Gasteiger partial charge is 0.0991 e. The summed E-state index contributed by atoms with van der Waals surface area (Å²) in [5.41, 5.74) is 9.81. The van der Waals surface area contributed by atoms with E-state index in [1.165, 1.54) is 47.1 Å². The highest BCUT2D eigenvalue weighted by molar-refractivity contribution is 5.74. The fourth-order valence-electron chi connectivity index (χ4n) is 4.95.